The van der Waals surface area contributed by atoms with Crippen LogP contribution in [0.15, 0.2) is 0 Å². The van der Waals surface area contributed by atoms with Crippen LogP contribution >= 0.6 is 23.5 Å². The van der Waals surface area contributed by atoms with Crippen LogP contribution in [0, 0.1) is 5.92 Å². The van der Waals surface area contributed by atoms with Gasteiger partial charge in [-0.25, -0.2) is 4.79 Å². The van der Waals surface area contributed by atoms with Gasteiger partial charge in [0.2, 0.25) is 0 Å². The second kappa shape index (κ2) is 18.3. The molecule has 0 radical (unpaired) electrons. The lowest BCUT2D eigenvalue weighted by atomic mass is 9.96. The molecule has 0 aromatic heterocycles. The summed E-state index contributed by atoms with van der Waals surface area (Å²) in [5.41, 5.74) is -0.541. The molecular formula is C26H50N2O5S2. The van der Waals surface area contributed by atoms with Crippen LogP contribution in [0.2, 0.25) is 0 Å². The van der Waals surface area contributed by atoms with Crippen molar-refractivity contribution in [3.8, 4) is 0 Å². The minimum atomic E-state index is -0.541. The van der Waals surface area contributed by atoms with Gasteiger partial charge in [-0.2, -0.15) is 0 Å². The standard InChI is InChI=1S/C16H31NO3.C8H13NO2S2.C2H6/c1-6-7-8-9-10-11-13(2)14(12-18)17-15(19)20-16(3,4)5;1-11-7(10)6-4-8(5-9-6)12-2-3-13-8;1-2/h12-14H,6-11H2,1-5H3,(H,17,19);6,9H,2-5H2,1H3;1-2H3/t;6-;/m.0./s1. The van der Waals surface area contributed by atoms with Gasteiger partial charge in [-0.15, -0.1) is 23.5 Å². The SMILES string of the molecule is CC.CCCCCCCC(C)C(C=O)NC(=O)OC(C)(C)C.COC(=O)[C@@H]1CC2(CN1)SCCS2. The van der Waals surface area contributed by atoms with Crippen molar-refractivity contribution in [2.24, 2.45) is 5.92 Å². The average molecular weight is 535 g/mol. The van der Waals surface area contributed by atoms with Crippen LogP contribution in [0.4, 0.5) is 4.79 Å². The van der Waals surface area contributed by atoms with Crippen molar-refractivity contribution >= 4 is 41.9 Å². The number of aldehydes is 1. The third-order valence-electron chi connectivity index (χ3n) is 5.64. The fraction of sp³-hybridized carbons (Fsp3) is 0.885. The van der Waals surface area contributed by atoms with E-state index in [4.69, 9.17) is 9.47 Å². The van der Waals surface area contributed by atoms with E-state index in [1.807, 2.05) is 44.3 Å². The first kappa shape index (κ1) is 34.1. The van der Waals surface area contributed by atoms with Crippen LogP contribution in [-0.4, -0.2) is 65.3 Å². The first-order valence-electron chi connectivity index (χ1n) is 13.1. The lowest BCUT2D eigenvalue weighted by molar-refractivity contribution is -0.142. The molecule has 9 heteroatoms. The van der Waals surface area contributed by atoms with E-state index in [0.29, 0.717) is 0 Å². The monoisotopic (exact) mass is 534 g/mol. The number of carbonyl (C=O) groups is 3. The molecule has 2 saturated heterocycles. The number of esters is 1. The number of rotatable bonds is 10. The number of methoxy groups -OCH3 is 1. The summed E-state index contributed by atoms with van der Waals surface area (Å²) < 4.78 is 10.1. The second-order valence-corrected chi connectivity index (χ2v) is 13.0. The van der Waals surface area contributed by atoms with E-state index in [1.54, 1.807) is 20.8 Å². The summed E-state index contributed by atoms with van der Waals surface area (Å²) >= 11 is 3.95. The van der Waals surface area contributed by atoms with Gasteiger partial charge in [-0.1, -0.05) is 59.8 Å². The van der Waals surface area contributed by atoms with Crippen molar-refractivity contribution in [2.75, 3.05) is 25.2 Å². The van der Waals surface area contributed by atoms with Gasteiger partial charge < -0.3 is 24.9 Å². The maximum atomic E-state index is 11.7. The van der Waals surface area contributed by atoms with Crippen molar-refractivity contribution in [1.82, 2.24) is 10.6 Å². The summed E-state index contributed by atoms with van der Waals surface area (Å²) in [6.07, 6.45) is 8.17. The number of thioether (sulfide) groups is 2. The first-order chi connectivity index (χ1) is 16.6. The van der Waals surface area contributed by atoms with Crippen LogP contribution in [0.25, 0.3) is 0 Å². The normalized spacial score (nSPS) is 19.9. The molecule has 35 heavy (non-hydrogen) atoms. The Morgan fingerprint density at radius 1 is 1.14 bits per heavy atom. The summed E-state index contributed by atoms with van der Waals surface area (Å²) in [6.45, 7) is 14.5. The van der Waals surface area contributed by atoms with E-state index in [9.17, 15) is 14.4 Å². The van der Waals surface area contributed by atoms with E-state index in [2.05, 4.69) is 17.6 Å². The number of alkyl carbamates (subject to hydrolysis) is 1. The Bertz CT molecular complexity index is 607. The Labute approximate surface area is 222 Å². The number of hydrogen-bond donors (Lipinski definition) is 2. The number of amides is 1. The van der Waals surface area contributed by atoms with Crippen molar-refractivity contribution < 1.29 is 23.9 Å². The second-order valence-electron chi connectivity index (χ2n) is 9.76. The summed E-state index contributed by atoms with van der Waals surface area (Å²) in [5.74, 6) is 2.44. The number of carbonyl (C=O) groups excluding carboxylic acids is 3. The molecule has 206 valence electrons. The molecule has 0 aliphatic carbocycles. The Hall–Kier alpha value is -0.930. The molecule has 2 rings (SSSR count). The van der Waals surface area contributed by atoms with Gasteiger partial charge in [0.15, 0.2) is 0 Å². The topological polar surface area (TPSA) is 93.7 Å². The van der Waals surface area contributed by atoms with Crippen LogP contribution < -0.4 is 10.6 Å². The van der Waals surface area contributed by atoms with Gasteiger partial charge in [-0.3, -0.25) is 4.79 Å². The van der Waals surface area contributed by atoms with E-state index in [0.717, 1.165) is 32.1 Å². The lowest BCUT2D eigenvalue weighted by Crippen LogP contribution is -2.43. The number of hydrogen-bond acceptors (Lipinski definition) is 8. The number of unbranched alkanes of at least 4 members (excludes halogenated alkanes) is 4. The fourth-order valence-electron chi connectivity index (χ4n) is 3.76. The number of nitrogens with one attached hydrogen (secondary N) is 2. The van der Waals surface area contributed by atoms with E-state index in [1.165, 1.54) is 44.3 Å². The Morgan fingerprint density at radius 2 is 1.74 bits per heavy atom. The van der Waals surface area contributed by atoms with Crippen molar-refractivity contribution in [3.63, 3.8) is 0 Å². The molecule has 0 aromatic rings. The molecule has 2 aliphatic heterocycles. The summed E-state index contributed by atoms with van der Waals surface area (Å²) in [7, 11) is 1.45. The highest BCUT2D eigenvalue weighted by Crippen LogP contribution is 2.49. The van der Waals surface area contributed by atoms with Crippen LogP contribution in [-0.2, 0) is 19.1 Å². The summed E-state index contributed by atoms with van der Waals surface area (Å²) in [5, 5.41) is 5.87. The highest BCUT2D eigenvalue weighted by molar-refractivity contribution is 8.21. The van der Waals surface area contributed by atoms with Gasteiger partial charge in [0, 0.05) is 18.1 Å². The Kier molecular flexibility index (Phi) is 17.8. The summed E-state index contributed by atoms with van der Waals surface area (Å²) in [6, 6.07) is -0.542. The van der Waals surface area contributed by atoms with Crippen LogP contribution in [0.3, 0.4) is 0 Å². The lowest BCUT2D eigenvalue weighted by Gasteiger charge is -2.24. The molecule has 2 N–H and O–H groups in total. The van der Waals surface area contributed by atoms with Crippen molar-refractivity contribution in [3.05, 3.63) is 0 Å². The smallest absolute Gasteiger partial charge is 0.408 e. The van der Waals surface area contributed by atoms with Crippen molar-refractivity contribution in [2.45, 2.75) is 115 Å². The number of ether oxygens (including phenoxy) is 2. The van der Waals surface area contributed by atoms with Gasteiger partial charge in [-0.05, 0) is 39.5 Å². The third-order valence-corrected chi connectivity index (χ3v) is 9.09. The average Bonchev–Trinajstić information content (AvgIpc) is 3.47. The Balaban J connectivity index is 0.000000657. The minimum Gasteiger partial charge on any atom is -0.468 e. The van der Waals surface area contributed by atoms with Gasteiger partial charge in [0.1, 0.15) is 17.9 Å². The molecule has 2 heterocycles. The molecule has 1 spiro atoms. The molecule has 2 unspecified atom stereocenters. The zero-order chi connectivity index (χ0) is 26.9. The third kappa shape index (κ3) is 14.4. The highest BCUT2D eigenvalue weighted by Gasteiger charge is 2.45. The maximum Gasteiger partial charge on any atom is 0.408 e. The van der Waals surface area contributed by atoms with Crippen LogP contribution in [0.5, 0.6) is 0 Å². The zero-order valence-electron chi connectivity index (χ0n) is 23.2. The van der Waals surface area contributed by atoms with E-state index >= 15 is 0 Å². The first-order valence-corrected chi connectivity index (χ1v) is 15.1. The van der Waals surface area contributed by atoms with Gasteiger partial charge in [0.05, 0.1) is 17.2 Å². The van der Waals surface area contributed by atoms with Gasteiger partial charge >= 0.3 is 12.1 Å². The quantitative estimate of drug-likeness (QED) is 0.206. The molecule has 3 atom stereocenters. The van der Waals surface area contributed by atoms with Crippen molar-refractivity contribution in [1.29, 1.82) is 0 Å². The largest absolute Gasteiger partial charge is 0.468 e. The predicted octanol–water partition coefficient (Wildman–Crippen LogP) is 5.80. The molecule has 0 bridgehead atoms. The Morgan fingerprint density at radius 3 is 2.26 bits per heavy atom. The molecular weight excluding hydrogens is 484 g/mol. The minimum absolute atomic E-state index is 0.0805. The van der Waals surface area contributed by atoms with Crippen LogP contribution in [0.1, 0.15) is 93.4 Å². The predicted molar refractivity (Wildman–Crippen MR) is 149 cm³/mol. The maximum absolute atomic E-state index is 11.7. The summed E-state index contributed by atoms with van der Waals surface area (Å²) in [4.78, 5) is 34.0. The molecule has 0 saturated carbocycles. The van der Waals surface area contributed by atoms with E-state index < -0.39 is 17.7 Å². The van der Waals surface area contributed by atoms with E-state index in [-0.39, 0.29) is 22.0 Å². The molecule has 1 amide bonds. The fourth-order valence-corrected chi connectivity index (χ4v) is 6.95. The molecule has 2 fully saturated rings. The molecule has 2 aliphatic rings. The molecule has 7 nitrogen and oxygen atoms in total. The molecule has 0 aromatic carbocycles. The highest BCUT2D eigenvalue weighted by atomic mass is 32.2. The zero-order valence-corrected chi connectivity index (χ0v) is 24.9. The van der Waals surface area contributed by atoms with Gasteiger partial charge in [0.25, 0.3) is 0 Å².